The average molecular weight is 428 g/mol. The first-order valence-electron chi connectivity index (χ1n) is 8.99. The second-order valence-corrected chi connectivity index (χ2v) is 7.67. The summed E-state index contributed by atoms with van der Waals surface area (Å²) in [4.78, 5) is 31.5. The molecule has 0 fully saturated rings. The summed E-state index contributed by atoms with van der Waals surface area (Å²) in [6.45, 7) is 2.53. The van der Waals surface area contributed by atoms with Crippen molar-refractivity contribution in [1.82, 2.24) is 25.5 Å². The van der Waals surface area contributed by atoms with Crippen LogP contribution in [0.4, 0.5) is 4.79 Å². The zero-order valence-electron chi connectivity index (χ0n) is 15.8. The Bertz CT molecular complexity index is 891. The number of amides is 2. The number of benzene rings is 2. The second kappa shape index (κ2) is 10.7. The first-order valence-corrected chi connectivity index (χ1v) is 10.8. The highest BCUT2D eigenvalue weighted by molar-refractivity contribution is 8.11. The summed E-state index contributed by atoms with van der Waals surface area (Å²) in [5.41, 5.74) is 8.46. The highest BCUT2D eigenvalue weighted by atomic mass is 32.2. The molecule has 0 atom stereocenters. The van der Waals surface area contributed by atoms with Crippen molar-refractivity contribution in [2.45, 2.75) is 12.1 Å². The number of carbonyl (C=O) groups is 2. The summed E-state index contributed by atoms with van der Waals surface area (Å²) in [5.74, 6) is -0.207. The van der Waals surface area contributed by atoms with Gasteiger partial charge in [-0.15, -0.1) is 0 Å². The van der Waals surface area contributed by atoms with E-state index in [1.54, 1.807) is 0 Å². The van der Waals surface area contributed by atoms with E-state index in [4.69, 9.17) is 4.98 Å². The van der Waals surface area contributed by atoms with Crippen LogP contribution in [0, 0.1) is 0 Å². The number of hydrogen-bond acceptors (Lipinski definition) is 6. The van der Waals surface area contributed by atoms with Gasteiger partial charge in [0.25, 0.3) is 0 Å². The summed E-state index contributed by atoms with van der Waals surface area (Å²) in [7, 11) is 0. The third-order valence-electron chi connectivity index (χ3n) is 3.74. The molecule has 3 aromatic rings. The van der Waals surface area contributed by atoms with Crippen molar-refractivity contribution >= 4 is 34.9 Å². The molecule has 29 heavy (non-hydrogen) atoms. The SMILES string of the molecule is CCNSC(=O)NNC(=O)CSc1nc(-c2ccccc2)c(-c2ccccc2)[nH]1. The molecule has 9 heteroatoms. The minimum atomic E-state index is -0.374. The fourth-order valence-corrected chi connectivity index (χ4v) is 3.54. The maximum absolute atomic E-state index is 12.0. The molecule has 0 aliphatic carbocycles. The van der Waals surface area contributed by atoms with Gasteiger partial charge in [0, 0.05) is 29.6 Å². The van der Waals surface area contributed by atoms with Gasteiger partial charge in [-0.1, -0.05) is 79.3 Å². The number of thioether (sulfide) groups is 1. The van der Waals surface area contributed by atoms with Gasteiger partial charge in [-0.25, -0.2) is 4.98 Å². The minimum Gasteiger partial charge on any atom is -0.332 e. The molecule has 2 amide bonds. The largest absolute Gasteiger partial charge is 0.332 e. The topological polar surface area (TPSA) is 98.9 Å². The number of aromatic amines is 1. The molecule has 0 spiro atoms. The van der Waals surface area contributed by atoms with Gasteiger partial charge >= 0.3 is 5.24 Å². The molecule has 2 aromatic carbocycles. The second-order valence-electron chi connectivity index (χ2n) is 5.85. The van der Waals surface area contributed by atoms with E-state index < -0.39 is 0 Å². The van der Waals surface area contributed by atoms with Gasteiger partial charge in [-0.3, -0.25) is 25.2 Å². The number of carbonyl (C=O) groups excluding carboxylic acids is 2. The molecule has 0 radical (unpaired) electrons. The van der Waals surface area contributed by atoms with E-state index >= 15 is 0 Å². The van der Waals surface area contributed by atoms with Crippen LogP contribution in [0.15, 0.2) is 65.8 Å². The molecule has 4 N–H and O–H groups in total. The van der Waals surface area contributed by atoms with Gasteiger partial charge < -0.3 is 4.98 Å². The standard InChI is InChI=1S/C20H21N5O2S2/c1-2-21-29-20(27)25-24-16(26)13-28-19-22-17(14-9-5-3-6-10-14)18(23-19)15-11-7-4-8-12-15/h3-12,21H,2,13H2,1H3,(H,22,23)(H,24,26)(H,25,27). The predicted molar refractivity (Wildman–Crippen MR) is 118 cm³/mol. The Morgan fingerprint density at radius 1 is 0.966 bits per heavy atom. The summed E-state index contributed by atoms with van der Waals surface area (Å²) in [6.07, 6.45) is 0. The van der Waals surface area contributed by atoms with Crippen molar-refractivity contribution in [3.63, 3.8) is 0 Å². The molecular formula is C20H21N5O2S2. The number of hydrogen-bond donors (Lipinski definition) is 4. The van der Waals surface area contributed by atoms with E-state index in [-0.39, 0.29) is 16.9 Å². The molecule has 1 heterocycles. The van der Waals surface area contributed by atoms with E-state index in [9.17, 15) is 9.59 Å². The van der Waals surface area contributed by atoms with Crippen LogP contribution in [0.25, 0.3) is 22.5 Å². The van der Waals surface area contributed by atoms with E-state index in [0.717, 1.165) is 34.5 Å². The zero-order valence-corrected chi connectivity index (χ0v) is 17.4. The third kappa shape index (κ3) is 6.11. The minimum absolute atomic E-state index is 0.113. The lowest BCUT2D eigenvalue weighted by atomic mass is 10.1. The summed E-state index contributed by atoms with van der Waals surface area (Å²) in [6, 6.07) is 19.8. The van der Waals surface area contributed by atoms with E-state index in [1.165, 1.54) is 11.8 Å². The number of H-pyrrole nitrogens is 1. The fraction of sp³-hybridized carbons (Fsp3) is 0.150. The maximum Gasteiger partial charge on any atom is 0.312 e. The molecule has 0 aliphatic heterocycles. The Hall–Kier alpha value is -2.75. The quantitative estimate of drug-likeness (QED) is 0.260. The Morgan fingerprint density at radius 3 is 2.28 bits per heavy atom. The number of nitrogens with one attached hydrogen (secondary N) is 4. The zero-order chi connectivity index (χ0) is 20.5. The third-order valence-corrected chi connectivity index (χ3v) is 5.34. The number of hydrazine groups is 1. The monoisotopic (exact) mass is 427 g/mol. The van der Waals surface area contributed by atoms with Gasteiger partial charge in [-0.05, 0) is 0 Å². The molecule has 0 unspecified atom stereocenters. The van der Waals surface area contributed by atoms with E-state index in [1.807, 2.05) is 67.6 Å². The van der Waals surface area contributed by atoms with Crippen LogP contribution in [0.1, 0.15) is 6.92 Å². The van der Waals surface area contributed by atoms with Gasteiger partial charge in [-0.2, -0.15) is 0 Å². The maximum atomic E-state index is 12.0. The molecule has 0 saturated carbocycles. The molecule has 0 aliphatic rings. The Morgan fingerprint density at radius 2 is 1.62 bits per heavy atom. The average Bonchev–Trinajstić information content (AvgIpc) is 3.20. The van der Waals surface area contributed by atoms with Gasteiger partial charge in [0.1, 0.15) is 0 Å². The van der Waals surface area contributed by atoms with Crippen molar-refractivity contribution in [1.29, 1.82) is 0 Å². The van der Waals surface area contributed by atoms with E-state index in [0.29, 0.717) is 11.7 Å². The number of rotatable bonds is 7. The molecule has 3 rings (SSSR count). The number of imidazole rings is 1. The Kier molecular flexibility index (Phi) is 7.74. The summed E-state index contributed by atoms with van der Waals surface area (Å²) < 4.78 is 2.80. The predicted octanol–water partition coefficient (Wildman–Crippen LogP) is 3.83. The van der Waals surface area contributed by atoms with Crippen LogP contribution in [-0.4, -0.2) is 33.4 Å². The summed E-state index contributed by atoms with van der Waals surface area (Å²) in [5, 5.41) is 0.257. The highest BCUT2D eigenvalue weighted by Gasteiger charge is 2.15. The lowest BCUT2D eigenvalue weighted by Crippen LogP contribution is -2.41. The van der Waals surface area contributed by atoms with Gasteiger partial charge in [0.05, 0.1) is 17.1 Å². The van der Waals surface area contributed by atoms with Gasteiger partial charge in [0.2, 0.25) is 5.91 Å². The van der Waals surface area contributed by atoms with Crippen molar-refractivity contribution in [2.75, 3.05) is 12.3 Å². The van der Waals surface area contributed by atoms with Gasteiger partial charge in [0.15, 0.2) is 5.16 Å². The van der Waals surface area contributed by atoms with Crippen LogP contribution in [-0.2, 0) is 4.79 Å². The van der Waals surface area contributed by atoms with Crippen LogP contribution < -0.4 is 15.6 Å². The van der Waals surface area contributed by atoms with Crippen LogP contribution >= 0.6 is 23.7 Å². The Balaban J connectivity index is 1.68. The summed E-state index contributed by atoms with van der Waals surface area (Å²) >= 11 is 2.16. The molecule has 0 bridgehead atoms. The van der Waals surface area contributed by atoms with Crippen LogP contribution in [0.2, 0.25) is 0 Å². The normalized spacial score (nSPS) is 10.5. The number of nitrogens with zero attached hydrogens (tertiary/aromatic N) is 1. The van der Waals surface area contributed by atoms with Crippen LogP contribution in [0.5, 0.6) is 0 Å². The lowest BCUT2D eigenvalue weighted by Gasteiger charge is -2.05. The van der Waals surface area contributed by atoms with Crippen molar-refractivity contribution in [3.8, 4) is 22.5 Å². The molecule has 150 valence electrons. The molecule has 1 aromatic heterocycles. The number of aromatic nitrogens is 2. The molecule has 0 saturated heterocycles. The lowest BCUT2D eigenvalue weighted by molar-refractivity contribution is -0.119. The first kappa shape index (κ1) is 21.0. The highest BCUT2D eigenvalue weighted by Crippen LogP contribution is 2.32. The fourth-order valence-electron chi connectivity index (χ4n) is 2.49. The Labute approximate surface area is 177 Å². The van der Waals surface area contributed by atoms with Crippen molar-refractivity contribution in [2.24, 2.45) is 0 Å². The van der Waals surface area contributed by atoms with Crippen LogP contribution in [0.3, 0.4) is 0 Å². The first-order chi connectivity index (χ1) is 14.2. The van der Waals surface area contributed by atoms with Crippen molar-refractivity contribution < 1.29 is 9.59 Å². The molecule has 7 nitrogen and oxygen atoms in total. The van der Waals surface area contributed by atoms with Crippen molar-refractivity contribution in [3.05, 3.63) is 60.7 Å². The smallest absolute Gasteiger partial charge is 0.312 e. The van der Waals surface area contributed by atoms with E-state index in [2.05, 4.69) is 20.6 Å². The molecular weight excluding hydrogens is 406 g/mol.